The van der Waals surface area contributed by atoms with Gasteiger partial charge in [0, 0.05) is 18.3 Å². The predicted octanol–water partition coefficient (Wildman–Crippen LogP) is 3.75. The molecule has 0 bridgehead atoms. The molecule has 0 radical (unpaired) electrons. The summed E-state index contributed by atoms with van der Waals surface area (Å²) in [6, 6.07) is 6.75. The zero-order valence-electron chi connectivity index (χ0n) is 16.2. The van der Waals surface area contributed by atoms with Crippen LogP contribution in [-0.2, 0) is 10.2 Å². The van der Waals surface area contributed by atoms with Crippen molar-refractivity contribution in [2.24, 2.45) is 11.7 Å². The van der Waals surface area contributed by atoms with Crippen molar-refractivity contribution < 1.29 is 4.79 Å². The number of nitrogens with two attached hydrogens (primary N) is 1. The maximum absolute atomic E-state index is 12.5. The van der Waals surface area contributed by atoms with Crippen molar-refractivity contribution in [3.8, 4) is 0 Å². The zero-order chi connectivity index (χ0) is 18.3. The van der Waals surface area contributed by atoms with Gasteiger partial charge < -0.3 is 5.73 Å². The summed E-state index contributed by atoms with van der Waals surface area (Å²) in [6.45, 7) is 14.1. The second-order valence-electron chi connectivity index (χ2n) is 7.79. The van der Waals surface area contributed by atoms with Gasteiger partial charge in [-0.3, -0.25) is 14.7 Å². The monoisotopic (exact) mass is 333 g/mol. The van der Waals surface area contributed by atoms with E-state index in [1.807, 2.05) is 18.2 Å². The van der Waals surface area contributed by atoms with E-state index in [2.05, 4.69) is 51.4 Å². The molecule has 136 valence electrons. The molecule has 1 amide bonds. The Balaban J connectivity index is 3.00. The van der Waals surface area contributed by atoms with Crippen LogP contribution in [0.15, 0.2) is 24.4 Å². The van der Waals surface area contributed by atoms with E-state index in [1.54, 1.807) is 6.20 Å². The van der Waals surface area contributed by atoms with Gasteiger partial charge in [-0.15, -0.1) is 0 Å². The summed E-state index contributed by atoms with van der Waals surface area (Å²) in [5.41, 5.74) is 6.04. The Labute approximate surface area is 147 Å². The van der Waals surface area contributed by atoms with E-state index < -0.39 is 5.41 Å². The first kappa shape index (κ1) is 20.6. The fourth-order valence-corrected chi connectivity index (χ4v) is 3.70. The van der Waals surface area contributed by atoms with Gasteiger partial charge in [-0.2, -0.15) is 0 Å². The summed E-state index contributed by atoms with van der Waals surface area (Å²) in [6.07, 6.45) is 4.17. The Morgan fingerprint density at radius 3 is 2.21 bits per heavy atom. The molecule has 0 aromatic carbocycles. The van der Waals surface area contributed by atoms with E-state index in [0.29, 0.717) is 18.0 Å². The van der Waals surface area contributed by atoms with Crippen molar-refractivity contribution >= 4 is 5.91 Å². The summed E-state index contributed by atoms with van der Waals surface area (Å²) in [4.78, 5) is 19.4. The highest BCUT2D eigenvalue weighted by Gasteiger charge is 2.40. The van der Waals surface area contributed by atoms with Crippen molar-refractivity contribution in [2.75, 3.05) is 6.54 Å². The highest BCUT2D eigenvalue weighted by molar-refractivity contribution is 5.86. The fourth-order valence-electron chi connectivity index (χ4n) is 3.70. The average Bonchev–Trinajstić information content (AvgIpc) is 2.49. The Bertz CT molecular complexity index is 491. The molecule has 0 fully saturated rings. The number of carbonyl (C=O) groups is 1. The van der Waals surface area contributed by atoms with Gasteiger partial charge in [0.15, 0.2) is 0 Å². The third-order valence-corrected chi connectivity index (χ3v) is 4.73. The van der Waals surface area contributed by atoms with Crippen molar-refractivity contribution in [3.63, 3.8) is 0 Å². The molecule has 1 aromatic rings. The number of nitrogens with zero attached hydrogens (tertiary/aromatic N) is 2. The molecule has 1 rings (SSSR count). The molecular formula is C20H35N3O. The number of hydrogen-bond donors (Lipinski definition) is 1. The normalized spacial score (nSPS) is 14.6. The van der Waals surface area contributed by atoms with Crippen LogP contribution in [0.3, 0.4) is 0 Å². The van der Waals surface area contributed by atoms with Crippen LogP contribution in [0, 0.1) is 5.92 Å². The van der Waals surface area contributed by atoms with Gasteiger partial charge in [-0.25, -0.2) is 0 Å². The molecule has 1 unspecified atom stereocenters. The smallest absolute Gasteiger partial charge is 0.229 e. The maximum Gasteiger partial charge on any atom is 0.229 e. The molecule has 0 saturated carbocycles. The highest BCUT2D eigenvalue weighted by Crippen LogP contribution is 2.35. The number of amides is 1. The molecule has 1 atom stereocenters. The first-order valence-electron chi connectivity index (χ1n) is 9.18. The molecule has 24 heavy (non-hydrogen) atoms. The highest BCUT2D eigenvalue weighted by atomic mass is 16.1. The number of pyridine rings is 1. The first-order valence-corrected chi connectivity index (χ1v) is 9.18. The Kier molecular flexibility index (Phi) is 7.88. The summed E-state index contributed by atoms with van der Waals surface area (Å²) in [5.74, 6) is 0.126. The van der Waals surface area contributed by atoms with E-state index in [-0.39, 0.29) is 5.91 Å². The molecule has 0 aliphatic rings. The summed E-state index contributed by atoms with van der Waals surface area (Å²) >= 11 is 0. The Morgan fingerprint density at radius 1 is 1.17 bits per heavy atom. The second-order valence-corrected chi connectivity index (χ2v) is 7.79. The van der Waals surface area contributed by atoms with E-state index in [0.717, 1.165) is 31.5 Å². The number of rotatable bonds is 10. The maximum atomic E-state index is 12.5. The number of aromatic nitrogens is 1. The third-order valence-electron chi connectivity index (χ3n) is 4.73. The summed E-state index contributed by atoms with van der Waals surface area (Å²) in [7, 11) is 0. The Hall–Kier alpha value is -1.42. The van der Waals surface area contributed by atoms with Gasteiger partial charge in [0.2, 0.25) is 5.91 Å². The van der Waals surface area contributed by atoms with Crippen LogP contribution in [0.5, 0.6) is 0 Å². The van der Waals surface area contributed by atoms with Crippen LogP contribution in [0.2, 0.25) is 0 Å². The van der Waals surface area contributed by atoms with Gasteiger partial charge in [-0.05, 0) is 71.6 Å². The van der Waals surface area contributed by atoms with Crippen molar-refractivity contribution in [2.45, 2.75) is 78.3 Å². The first-order chi connectivity index (χ1) is 11.2. The summed E-state index contributed by atoms with van der Waals surface area (Å²) < 4.78 is 0. The van der Waals surface area contributed by atoms with E-state index in [1.165, 1.54) is 0 Å². The van der Waals surface area contributed by atoms with Gasteiger partial charge >= 0.3 is 0 Å². The minimum Gasteiger partial charge on any atom is -0.369 e. The molecule has 0 aliphatic carbocycles. The van der Waals surface area contributed by atoms with Crippen molar-refractivity contribution in [1.82, 2.24) is 9.88 Å². The fraction of sp³-hybridized carbons (Fsp3) is 0.700. The molecular weight excluding hydrogens is 298 g/mol. The van der Waals surface area contributed by atoms with Crippen LogP contribution < -0.4 is 5.73 Å². The topological polar surface area (TPSA) is 59.2 Å². The molecule has 1 heterocycles. The molecule has 2 N–H and O–H groups in total. The molecule has 0 spiro atoms. The predicted molar refractivity (Wildman–Crippen MR) is 101 cm³/mol. The van der Waals surface area contributed by atoms with Gasteiger partial charge in [0.25, 0.3) is 0 Å². The zero-order valence-corrected chi connectivity index (χ0v) is 16.2. The summed E-state index contributed by atoms with van der Waals surface area (Å²) in [5, 5.41) is 0. The van der Waals surface area contributed by atoms with Gasteiger partial charge in [-0.1, -0.05) is 19.9 Å². The van der Waals surface area contributed by atoms with E-state index in [4.69, 9.17) is 5.73 Å². The minimum atomic E-state index is -0.672. The SMILES string of the molecule is CC(C)CC(CCCN(C(C)C)C(C)C)(C(N)=O)c1ccccn1. The van der Waals surface area contributed by atoms with Crippen LogP contribution in [0.1, 0.15) is 66.5 Å². The van der Waals surface area contributed by atoms with E-state index >= 15 is 0 Å². The minimum absolute atomic E-state index is 0.254. The lowest BCUT2D eigenvalue weighted by Gasteiger charge is -2.35. The Morgan fingerprint density at radius 2 is 1.79 bits per heavy atom. The quantitative estimate of drug-likeness (QED) is 0.709. The molecule has 1 aromatic heterocycles. The lowest BCUT2D eigenvalue weighted by Crippen LogP contribution is -2.44. The van der Waals surface area contributed by atoms with Crippen LogP contribution in [0.25, 0.3) is 0 Å². The standard InChI is InChI=1S/C20H35N3O/c1-15(2)14-20(19(21)24,18-10-7-8-12-22-18)11-9-13-23(16(3)4)17(5)6/h7-8,10,12,15-17H,9,11,13-14H2,1-6H3,(H2,21,24). The lowest BCUT2D eigenvalue weighted by molar-refractivity contribution is -0.124. The van der Waals surface area contributed by atoms with Crippen LogP contribution >= 0.6 is 0 Å². The van der Waals surface area contributed by atoms with E-state index in [9.17, 15) is 4.79 Å². The number of hydrogen-bond acceptors (Lipinski definition) is 3. The largest absolute Gasteiger partial charge is 0.369 e. The average molecular weight is 334 g/mol. The molecule has 4 heteroatoms. The van der Waals surface area contributed by atoms with Gasteiger partial charge in [0.1, 0.15) is 0 Å². The van der Waals surface area contributed by atoms with Crippen molar-refractivity contribution in [1.29, 1.82) is 0 Å². The van der Waals surface area contributed by atoms with Gasteiger partial charge in [0.05, 0.1) is 11.1 Å². The third kappa shape index (κ3) is 5.30. The molecule has 4 nitrogen and oxygen atoms in total. The number of primary amides is 1. The van der Waals surface area contributed by atoms with Crippen molar-refractivity contribution in [3.05, 3.63) is 30.1 Å². The van der Waals surface area contributed by atoms with Crippen LogP contribution in [0.4, 0.5) is 0 Å². The number of carbonyl (C=O) groups excluding carboxylic acids is 1. The second kappa shape index (κ2) is 9.16. The molecule has 0 saturated heterocycles. The lowest BCUT2D eigenvalue weighted by atomic mass is 9.73. The molecule has 0 aliphatic heterocycles. The van der Waals surface area contributed by atoms with Crippen LogP contribution in [-0.4, -0.2) is 34.4 Å².